The molecule has 0 spiro atoms. The van der Waals surface area contributed by atoms with Gasteiger partial charge in [-0.3, -0.25) is 0 Å². The monoisotopic (exact) mass is 272 g/mol. The summed E-state index contributed by atoms with van der Waals surface area (Å²) in [6.45, 7) is 3.79. The average Bonchev–Trinajstić information content (AvgIpc) is 2.26. The minimum atomic E-state index is -4.22. The molecule has 4 heteroatoms. The first-order chi connectivity index (χ1) is 8.71. The van der Waals surface area contributed by atoms with Gasteiger partial charge in [-0.2, -0.15) is 13.2 Å². The molecule has 1 aromatic rings. The van der Waals surface area contributed by atoms with Gasteiger partial charge < -0.3 is 5.11 Å². The van der Waals surface area contributed by atoms with Crippen molar-refractivity contribution in [2.75, 3.05) is 0 Å². The maximum absolute atomic E-state index is 12.8. The summed E-state index contributed by atoms with van der Waals surface area (Å²) in [5.74, 6) is -1.40. The maximum atomic E-state index is 12.8. The lowest BCUT2D eigenvalue weighted by Gasteiger charge is -2.38. The molecule has 1 N–H and O–H groups in total. The van der Waals surface area contributed by atoms with E-state index < -0.39 is 17.7 Å². The van der Waals surface area contributed by atoms with Crippen LogP contribution in [0.3, 0.4) is 0 Å². The Hall–Kier alpha value is -1.03. The third-order valence-corrected chi connectivity index (χ3v) is 3.95. The second-order valence-corrected chi connectivity index (χ2v) is 5.74. The highest BCUT2D eigenvalue weighted by Gasteiger charge is 2.47. The lowest BCUT2D eigenvalue weighted by Crippen LogP contribution is -2.38. The molecule has 2 rings (SSSR count). The molecule has 1 nitrogen and oxygen atoms in total. The van der Waals surface area contributed by atoms with Gasteiger partial charge in [0.15, 0.2) is 0 Å². The second-order valence-electron chi connectivity index (χ2n) is 5.74. The van der Waals surface area contributed by atoms with E-state index in [0.29, 0.717) is 18.4 Å². The lowest BCUT2D eigenvalue weighted by atomic mass is 9.73. The molecule has 1 fully saturated rings. The van der Waals surface area contributed by atoms with Gasteiger partial charge in [-0.1, -0.05) is 29.3 Å². The third kappa shape index (κ3) is 3.11. The van der Waals surface area contributed by atoms with Crippen LogP contribution in [0.2, 0.25) is 0 Å². The molecule has 106 valence electrons. The zero-order chi connectivity index (χ0) is 14.3. The average molecular weight is 272 g/mol. The first-order valence-electron chi connectivity index (χ1n) is 6.58. The van der Waals surface area contributed by atoms with Crippen LogP contribution < -0.4 is 0 Å². The van der Waals surface area contributed by atoms with Crippen LogP contribution in [0.15, 0.2) is 18.2 Å². The normalized spacial score (nSPS) is 28.4. The molecule has 0 amide bonds. The molecule has 0 aromatic heterocycles. The zero-order valence-electron chi connectivity index (χ0n) is 11.2. The van der Waals surface area contributed by atoms with Gasteiger partial charge in [0.05, 0.1) is 11.5 Å². The van der Waals surface area contributed by atoms with Gasteiger partial charge >= 0.3 is 6.18 Å². The number of benzene rings is 1. The molecule has 2 unspecified atom stereocenters. The van der Waals surface area contributed by atoms with Gasteiger partial charge in [-0.15, -0.1) is 0 Å². The van der Waals surface area contributed by atoms with Crippen molar-refractivity contribution in [1.29, 1.82) is 0 Å². The third-order valence-electron chi connectivity index (χ3n) is 3.95. The molecular weight excluding hydrogens is 253 g/mol. The van der Waals surface area contributed by atoms with Crippen molar-refractivity contribution in [2.45, 2.75) is 51.3 Å². The summed E-state index contributed by atoms with van der Waals surface area (Å²) in [7, 11) is 0. The number of aliphatic hydroxyl groups is 1. The smallest absolute Gasteiger partial charge is 0.385 e. The van der Waals surface area contributed by atoms with Gasteiger partial charge in [0, 0.05) is 0 Å². The van der Waals surface area contributed by atoms with Gasteiger partial charge in [-0.05, 0) is 45.1 Å². The van der Waals surface area contributed by atoms with Crippen LogP contribution in [0, 0.1) is 19.8 Å². The molecular formula is C15H19F3O. The van der Waals surface area contributed by atoms with E-state index in [1.807, 2.05) is 19.9 Å². The summed E-state index contributed by atoms with van der Waals surface area (Å²) in [6, 6.07) is 5.55. The summed E-state index contributed by atoms with van der Waals surface area (Å²) >= 11 is 0. The van der Waals surface area contributed by atoms with Crippen LogP contribution in [-0.4, -0.2) is 11.3 Å². The van der Waals surface area contributed by atoms with E-state index in [1.54, 1.807) is 12.1 Å². The van der Waals surface area contributed by atoms with E-state index in [0.717, 1.165) is 11.1 Å². The molecule has 1 aliphatic carbocycles. The first-order valence-corrected chi connectivity index (χ1v) is 6.58. The lowest BCUT2D eigenvalue weighted by molar-refractivity contribution is -0.201. The summed E-state index contributed by atoms with van der Waals surface area (Å²) in [6.07, 6.45) is -3.50. The molecule has 0 bridgehead atoms. The number of halogens is 3. The molecule has 0 heterocycles. The molecule has 0 aliphatic heterocycles. The fraction of sp³-hybridized carbons (Fsp3) is 0.600. The van der Waals surface area contributed by atoms with Crippen LogP contribution >= 0.6 is 0 Å². The Kier molecular flexibility index (Phi) is 3.65. The largest absolute Gasteiger partial charge is 0.391 e. The van der Waals surface area contributed by atoms with Crippen LogP contribution in [-0.2, 0) is 5.60 Å². The molecule has 19 heavy (non-hydrogen) atoms. The number of aryl methyl sites for hydroxylation is 2. The van der Waals surface area contributed by atoms with Crippen molar-refractivity contribution >= 4 is 0 Å². The minimum absolute atomic E-state index is 0.122. The zero-order valence-corrected chi connectivity index (χ0v) is 11.2. The Labute approximate surface area is 111 Å². The number of alkyl halides is 3. The van der Waals surface area contributed by atoms with Crippen molar-refractivity contribution in [1.82, 2.24) is 0 Å². The fourth-order valence-corrected chi connectivity index (χ4v) is 3.04. The van der Waals surface area contributed by atoms with E-state index >= 15 is 0 Å². The Morgan fingerprint density at radius 3 is 2.26 bits per heavy atom. The second kappa shape index (κ2) is 4.82. The minimum Gasteiger partial charge on any atom is -0.385 e. The van der Waals surface area contributed by atoms with Crippen molar-refractivity contribution in [2.24, 2.45) is 5.92 Å². The summed E-state index contributed by atoms with van der Waals surface area (Å²) in [4.78, 5) is 0. The maximum Gasteiger partial charge on any atom is 0.391 e. The van der Waals surface area contributed by atoms with Gasteiger partial charge in [0.25, 0.3) is 0 Å². The standard InChI is InChI=1S/C15H19F3O/c1-10-6-11(2)8-13(7-10)14(19)5-3-4-12(9-14)15(16,17)18/h6-8,12,19H,3-5,9H2,1-2H3. The van der Waals surface area contributed by atoms with Gasteiger partial charge in [0.1, 0.15) is 0 Å². The highest BCUT2D eigenvalue weighted by atomic mass is 19.4. The predicted molar refractivity (Wildman–Crippen MR) is 67.8 cm³/mol. The number of hydrogen-bond donors (Lipinski definition) is 1. The summed E-state index contributed by atoms with van der Waals surface area (Å²) in [5, 5.41) is 10.6. The first kappa shape index (κ1) is 14.4. The molecule has 1 aliphatic rings. The van der Waals surface area contributed by atoms with Crippen molar-refractivity contribution in [3.05, 3.63) is 34.9 Å². The molecule has 1 aromatic carbocycles. The van der Waals surface area contributed by atoms with Gasteiger partial charge in [-0.25, -0.2) is 0 Å². The van der Waals surface area contributed by atoms with Crippen molar-refractivity contribution < 1.29 is 18.3 Å². The van der Waals surface area contributed by atoms with Crippen molar-refractivity contribution in [3.63, 3.8) is 0 Å². The van der Waals surface area contributed by atoms with Crippen molar-refractivity contribution in [3.8, 4) is 0 Å². The number of hydrogen-bond acceptors (Lipinski definition) is 1. The van der Waals surface area contributed by atoms with Crippen LogP contribution in [0.4, 0.5) is 13.2 Å². The Morgan fingerprint density at radius 2 is 1.74 bits per heavy atom. The molecule has 2 atom stereocenters. The highest BCUT2D eigenvalue weighted by molar-refractivity contribution is 5.33. The summed E-state index contributed by atoms with van der Waals surface area (Å²) < 4.78 is 38.5. The SMILES string of the molecule is Cc1cc(C)cc(C2(O)CCCC(C(F)(F)F)C2)c1. The molecule has 1 saturated carbocycles. The highest BCUT2D eigenvalue weighted by Crippen LogP contribution is 2.46. The molecule has 0 saturated heterocycles. The fourth-order valence-electron chi connectivity index (χ4n) is 3.04. The van der Waals surface area contributed by atoms with E-state index in [2.05, 4.69) is 0 Å². The summed E-state index contributed by atoms with van der Waals surface area (Å²) in [5.41, 5.74) is 1.23. The van der Waals surface area contributed by atoms with Gasteiger partial charge in [0.2, 0.25) is 0 Å². The Morgan fingerprint density at radius 1 is 1.16 bits per heavy atom. The van der Waals surface area contributed by atoms with E-state index in [1.165, 1.54) is 0 Å². The van der Waals surface area contributed by atoms with Crippen LogP contribution in [0.5, 0.6) is 0 Å². The van der Waals surface area contributed by atoms with E-state index in [4.69, 9.17) is 0 Å². The predicted octanol–water partition coefficient (Wildman–Crippen LogP) is 4.24. The topological polar surface area (TPSA) is 20.2 Å². The molecule has 0 radical (unpaired) electrons. The Balaban J connectivity index is 2.31. The van der Waals surface area contributed by atoms with E-state index in [9.17, 15) is 18.3 Å². The Bertz CT molecular complexity index is 447. The van der Waals surface area contributed by atoms with E-state index in [-0.39, 0.29) is 12.8 Å². The quantitative estimate of drug-likeness (QED) is 0.810. The van der Waals surface area contributed by atoms with Crippen LogP contribution in [0.25, 0.3) is 0 Å². The van der Waals surface area contributed by atoms with Crippen LogP contribution in [0.1, 0.15) is 42.4 Å². The number of rotatable bonds is 1.